The van der Waals surface area contributed by atoms with Crippen LogP contribution in [0.1, 0.15) is 0 Å². The minimum Gasteiger partial charge on any atom is -0.480 e. The number of hydrogen-bond acceptors (Lipinski definition) is 6. The molecule has 0 rings (SSSR count). The van der Waals surface area contributed by atoms with Crippen LogP contribution in [0, 0.1) is 0 Å². The lowest BCUT2D eigenvalue weighted by atomic mass is 11.4. The standard InChI is InChI=1S/C6H12N2O4S2/c7-3(5(9)10)1-13-14-2-4(8)6(11)12/h3-4H,1-2,7-8H2,(H,9,10)(H,11,12)/t3-,4-/m0/s1/i1+1,2+1,3+1,4+1,5+1,6+1,7+1,8+1. The van der Waals surface area contributed by atoms with Gasteiger partial charge < -0.3 is 21.7 Å². The summed E-state index contributed by atoms with van der Waals surface area (Å²) in [5.74, 6) is -1.68. The van der Waals surface area contributed by atoms with E-state index in [-0.39, 0.29) is 11.5 Å². The lowest BCUT2D eigenvalue weighted by Crippen LogP contribution is -2.33. The maximum atomic E-state index is 10.3. The SMILES string of the molecule is [15NH2][13C@@H]([13CH2]SS[13CH2][13C@H]([15NH2])[13C](=O)O)[13C](=O)O. The fourth-order valence-corrected chi connectivity index (χ4v) is 2.61. The monoisotopic (exact) mass is 248 g/mol. The van der Waals surface area contributed by atoms with Crippen molar-refractivity contribution < 1.29 is 19.8 Å². The Bertz CT molecular complexity index is 192. The zero-order valence-electron chi connectivity index (χ0n) is 7.25. The molecule has 0 radical (unpaired) electrons. The Morgan fingerprint density at radius 1 is 1.00 bits per heavy atom. The summed E-state index contributed by atoms with van der Waals surface area (Å²) in [4.78, 5) is 20.5. The molecule has 0 aromatic rings. The molecule has 0 spiro atoms. The molecule has 0 amide bonds. The normalized spacial score (nSPS) is 14.7. The predicted molar refractivity (Wildman–Crippen MR) is 56.1 cm³/mol. The van der Waals surface area contributed by atoms with Crippen LogP contribution in [-0.4, -0.2) is 45.7 Å². The highest BCUT2D eigenvalue weighted by atomic mass is 33.1. The van der Waals surface area contributed by atoms with Crippen molar-refractivity contribution in [3.8, 4) is 0 Å². The molecule has 0 aliphatic carbocycles. The molecule has 0 bridgehead atoms. The minimum absolute atomic E-state index is 0.229. The second-order valence-corrected chi connectivity index (χ2v) is 5.01. The number of rotatable bonds is 7. The molecule has 82 valence electrons. The molecule has 0 aromatic heterocycles. The molecule has 2 atom stereocenters. The maximum absolute atomic E-state index is 10.3. The molecule has 0 aliphatic heterocycles. The van der Waals surface area contributed by atoms with Crippen molar-refractivity contribution in [3.63, 3.8) is 0 Å². The summed E-state index contributed by atoms with van der Waals surface area (Å²) in [5.41, 5.74) is 10.4. The van der Waals surface area contributed by atoms with Gasteiger partial charge in [0.15, 0.2) is 0 Å². The quantitative estimate of drug-likeness (QED) is 0.199. The van der Waals surface area contributed by atoms with Gasteiger partial charge in [0.1, 0.15) is 12.1 Å². The van der Waals surface area contributed by atoms with Gasteiger partial charge in [-0.2, -0.15) is 0 Å². The van der Waals surface area contributed by atoms with Gasteiger partial charge in [0.05, 0.1) is 0 Å². The first kappa shape index (κ1) is 13.6. The number of carboxylic acids is 2. The third kappa shape index (κ3) is 6.08. The van der Waals surface area contributed by atoms with Gasteiger partial charge in [-0.1, -0.05) is 21.6 Å². The van der Waals surface area contributed by atoms with Crippen molar-refractivity contribution in [3.05, 3.63) is 0 Å². The van der Waals surface area contributed by atoms with Crippen LogP contribution in [0.25, 0.3) is 0 Å². The van der Waals surface area contributed by atoms with E-state index < -0.39 is 24.0 Å². The van der Waals surface area contributed by atoms with Crippen molar-refractivity contribution in [1.82, 2.24) is 0 Å². The molecule has 0 aliphatic rings. The van der Waals surface area contributed by atoms with Crippen LogP contribution >= 0.6 is 21.6 Å². The van der Waals surface area contributed by atoms with Crippen molar-refractivity contribution in [2.75, 3.05) is 11.5 Å². The summed E-state index contributed by atoms with van der Waals surface area (Å²) in [7, 11) is 2.41. The zero-order chi connectivity index (χ0) is 11.1. The largest absolute Gasteiger partial charge is 0.480 e. The van der Waals surface area contributed by atoms with Crippen LogP contribution in [0.4, 0.5) is 0 Å². The summed E-state index contributed by atoms with van der Waals surface area (Å²) >= 11 is 0. The Labute approximate surface area is 88.8 Å². The van der Waals surface area contributed by atoms with E-state index in [4.69, 9.17) is 21.7 Å². The fraction of sp³-hybridized carbons (Fsp3) is 0.667. The van der Waals surface area contributed by atoms with E-state index in [0.717, 1.165) is 0 Å². The molecule has 0 saturated heterocycles. The summed E-state index contributed by atoms with van der Waals surface area (Å²) in [6.45, 7) is 0. The maximum Gasteiger partial charge on any atom is 0.321 e. The molecule has 14 heavy (non-hydrogen) atoms. The number of nitrogens with two attached hydrogens (primary N) is 2. The van der Waals surface area contributed by atoms with Crippen molar-refractivity contribution in [1.29, 1.82) is 0 Å². The van der Waals surface area contributed by atoms with Crippen molar-refractivity contribution in [2.45, 2.75) is 12.1 Å². The predicted octanol–water partition coefficient (Wildman–Crippen LogP) is -0.808. The Hall–Kier alpha value is -0.440. The second-order valence-electron chi connectivity index (χ2n) is 2.46. The number of carbonyl (C=O) groups is 2. The first-order valence-corrected chi connectivity index (χ1v) is 6.15. The molecule has 8 heteroatoms. The molecule has 0 heterocycles. The van der Waals surface area contributed by atoms with E-state index in [1.165, 1.54) is 21.6 Å². The highest BCUT2D eigenvalue weighted by Gasteiger charge is 2.14. The van der Waals surface area contributed by atoms with Gasteiger partial charge in [-0.3, -0.25) is 9.59 Å². The number of carboxylic acid groups (broad SMARTS) is 2. The Kier molecular flexibility index (Phi) is 6.71. The van der Waals surface area contributed by atoms with E-state index in [0.29, 0.717) is 0 Å². The fourth-order valence-electron chi connectivity index (χ4n) is 0.385. The summed E-state index contributed by atoms with van der Waals surface area (Å²) in [6.07, 6.45) is 0. The molecular weight excluding hydrogens is 236 g/mol. The van der Waals surface area contributed by atoms with E-state index >= 15 is 0 Å². The van der Waals surface area contributed by atoms with Gasteiger partial charge in [0.2, 0.25) is 0 Å². The Morgan fingerprint density at radius 3 is 1.50 bits per heavy atom. The third-order valence-electron chi connectivity index (χ3n) is 1.21. The summed E-state index contributed by atoms with van der Waals surface area (Å²) < 4.78 is 0. The van der Waals surface area contributed by atoms with E-state index in [1.807, 2.05) is 0 Å². The average Bonchev–Trinajstić information content (AvgIpc) is 2.11. The second kappa shape index (κ2) is 6.93. The average molecular weight is 248 g/mol. The van der Waals surface area contributed by atoms with Gasteiger partial charge in [0, 0.05) is 11.5 Å². The van der Waals surface area contributed by atoms with Gasteiger partial charge >= 0.3 is 11.9 Å². The van der Waals surface area contributed by atoms with Gasteiger partial charge in [-0.05, 0) is 0 Å². The van der Waals surface area contributed by atoms with Crippen LogP contribution < -0.4 is 11.5 Å². The molecule has 0 unspecified atom stereocenters. The highest BCUT2D eigenvalue weighted by molar-refractivity contribution is 8.76. The van der Waals surface area contributed by atoms with E-state index in [2.05, 4.69) is 0 Å². The Balaban J connectivity index is 3.47. The van der Waals surface area contributed by atoms with Crippen LogP contribution in [0.5, 0.6) is 0 Å². The van der Waals surface area contributed by atoms with Crippen molar-refractivity contribution >= 4 is 33.5 Å². The summed E-state index contributed by atoms with van der Waals surface area (Å²) in [6, 6.07) is -1.85. The van der Waals surface area contributed by atoms with Crippen LogP contribution in [0.2, 0.25) is 0 Å². The van der Waals surface area contributed by atoms with E-state index in [9.17, 15) is 9.59 Å². The van der Waals surface area contributed by atoms with Gasteiger partial charge in [-0.15, -0.1) is 0 Å². The zero-order valence-corrected chi connectivity index (χ0v) is 8.88. The molecule has 6 N–H and O–H groups in total. The van der Waals surface area contributed by atoms with E-state index in [1.54, 1.807) is 0 Å². The topological polar surface area (TPSA) is 127 Å². The molecular formula is C6H12N2O4S2. The van der Waals surface area contributed by atoms with Crippen LogP contribution in [-0.2, 0) is 9.59 Å². The first-order chi connectivity index (χ1) is 6.45. The highest BCUT2D eigenvalue weighted by Crippen LogP contribution is 2.22. The molecule has 0 fully saturated rings. The first-order valence-electron chi connectivity index (χ1n) is 3.66. The molecule has 6 nitrogen and oxygen atoms in total. The molecule has 0 saturated carbocycles. The van der Waals surface area contributed by atoms with Crippen molar-refractivity contribution in [2.24, 2.45) is 11.5 Å². The van der Waals surface area contributed by atoms with Crippen LogP contribution in [0.3, 0.4) is 0 Å². The lowest BCUT2D eigenvalue weighted by molar-refractivity contribution is -0.138. The number of aliphatic carboxylic acids is 2. The minimum atomic E-state index is -1.07. The lowest BCUT2D eigenvalue weighted by Gasteiger charge is -2.07. The smallest absolute Gasteiger partial charge is 0.321 e. The number of hydrogen-bond donors (Lipinski definition) is 4. The van der Waals surface area contributed by atoms with Crippen LogP contribution in [0.15, 0.2) is 0 Å². The summed E-state index contributed by atoms with van der Waals surface area (Å²) in [5, 5.41) is 16.8. The van der Waals surface area contributed by atoms with Gasteiger partial charge in [-0.25, -0.2) is 0 Å². The Morgan fingerprint density at radius 2 is 1.29 bits per heavy atom. The molecule has 0 aromatic carbocycles. The third-order valence-corrected chi connectivity index (χ3v) is 3.69. The van der Waals surface area contributed by atoms with Gasteiger partial charge in [0.25, 0.3) is 0 Å².